The molecule has 81 valence electrons. The first-order valence-electron chi connectivity index (χ1n) is 4.94. The van der Waals surface area contributed by atoms with Crippen LogP contribution in [0.15, 0.2) is 21.6 Å². The Hall–Kier alpha value is 0.774. The summed E-state index contributed by atoms with van der Waals surface area (Å²) in [5.41, 5.74) is 1.60. The Balaban J connectivity index is 0. The van der Waals surface area contributed by atoms with Gasteiger partial charge in [-0.25, -0.2) is 0 Å². The molecule has 0 unspecified atom stereocenters. The van der Waals surface area contributed by atoms with Crippen LogP contribution >= 0.6 is 24.8 Å². The second kappa shape index (κ2) is 10.3. The van der Waals surface area contributed by atoms with Crippen LogP contribution in [-0.4, -0.2) is 0 Å². The molecule has 1 aliphatic rings. The average Bonchev–Trinajstić information content (AvgIpc) is 2.46. The van der Waals surface area contributed by atoms with E-state index < -0.39 is 0 Å². The molecule has 0 spiro atoms. The van der Waals surface area contributed by atoms with Gasteiger partial charge >= 0.3 is 87.5 Å². The minimum atomic E-state index is 0. The standard InChI is InChI=1S/C11H17.2ClH.Ti/c1-2-3-4-5-8-11-9-6-7-10-11;;;/h6,9H,2-5,7-8H2,1H3;2*1H;. The molecule has 0 N–H and O–H groups in total. The van der Waals surface area contributed by atoms with E-state index in [0.717, 1.165) is 0 Å². The third-order valence-electron chi connectivity index (χ3n) is 2.33. The van der Waals surface area contributed by atoms with Crippen molar-refractivity contribution in [2.75, 3.05) is 0 Å². The molecule has 0 aromatic rings. The number of hydrogen-bond donors (Lipinski definition) is 0. The van der Waals surface area contributed by atoms with Crippen molar-refractivity contribution in [3.05, 3.63) is 21.6 Å². The first kappa shape index (κ1) is 17.2. The molecule has 0 saturated carbocycles. The van der Waals surface area contributed by atoms with E-state index in [-0.39, 0.29) is 24.8 Å². The molecule has 0 atom stereocenters. The van der Waals surface area contributed by atoms with Crippen LogP contribution in [0.3, 0.4) is 0 Å². The van der Waals surface area contributed by atoms with Gasteiger partial charge in [-0.1, -0.05) is 0 Å². The number of hydrogen-bond acceptors (Lipinski definition) is 0. The zero-order valence-electron chi connectivity index (χ0n) is 8.71. The fraction of sp³-hybridized carbons (Fsp3) is 0.636. The third-order valence-corrected chi connectivity index (χ3v) is 3.15. The molecule has 0 saturated heterocycles. The van der Waals surface area contributed by atoms with E-state index in [4.69, 9.17) is 0 Å². The molecule has 1 aliphatic carbocycles. The van der Waals surface area contributed by atoms with Crippen LogP contribution < -0.4 is 0 Å². The van der Waals surface area contributed by atoms with Gasteiger partial charge < -0.3 is 0 Å². The zero-order chi connectivity index (χ0) is 8.81. The maximum atomic E-state index is 2.31. The van der Waals surface area contributed by atoms with Gasteiger partial charge in [0, 0.05) is 0 Å². The van der Waals surface area contributed by atoms with E-state index in [1.807, 2.05) is 0 Å². The van der Waals surface area contributed by atoms with Gasteiger partial charge in [0.25, 0.3) is 0 Å². The summed E-state index contributed by atoms with van der Waals surface area (Å²) in [6, 6.07) is 0. The predicted octanol–water partition coefficient (Wildman–Crippen LogP) is 4.56. The van der Waals surface area contributed by atoms with Crippen LogP contribution in [0, 0.1) is 0 Å². The second-order valence-electron chi connectivity index (χ2n) is 3.42. The Bertz CT molecular complexity index is 197. The van der Waals surface area contributed by atoms with Crippen molar-refractivity contribution in [3.8, 4) is 0 Å². The smallest absolute Gasteiger partial charge is 0.147 e. The van der Waals surface area contributed by atoms with Crippen molar-refractivity contribution < 1.29 is 20.4 Å². The van der Waals surface area contributed by atoms with E-state index in [2.05, 4.69) is 39.5 Å². The van der Waals surface area contributed by atoms with E-state index in [1.54, 1.807) is 9.45 Å². The molecule has 0 aliphatic heterocycles. The van der Waals surface area contributed by atoms with Crippen LogP contribution in [0.25, 0.3) is 0 Å². The van der Waals surface area contributed by atoms with Crippen molar-refractivity contribution >= 4 is 24.8 Å². The Kier molecular flexibility index (Phi) is 12.6. The zero-order valence-corrected chi connectivity index (χ0v) is 11.9. The van der Waals surface area contributed by atoms with E-state index in [9.17, 15) is 0 Å². The summed E-state index contributed by atoms with van der Waals surface area (Å²) >= 11 is 2.26. The molecule has 0 aromatic carbocycles. The van der Waals surface area contributed by atoms with Crippen LogP contribution in [-0.2, 0) is 20.4 Å². The monoisotopic (exact) mass is 269 g/mol. The molecule has 0 aromatic heterocycles. The fourth-order valence-electron chi connectivity index (χ4n) is 1.53. The normalized spacial score (nSPS) is 13.7. The van der Waals surface area contributed by atoms with Gasteiger partial charge in [-0.2, -0.15) is 0 Å². The number of unbranched alkanes of at least 4 members (excludes halogenated alkanes) is 3. The summed E-state index contributed by atoms with van der Waals surface area (Å²) in [5, 5.41) is 0. The topological polar surface area (TPSA) is 0 Å². The molecule has 0 nitrogen and oxygen atoms in total. The summed E-state index contributed by atoms with van der Waals surface area (Å²) in [4.78, 5) is 0. The van der Waals surface area contributed by atoms with Gasteiger partial charge in [-0.3, -0.25) is 0 Å². The van der Waals surface area contributed by atoms with Gasteiger partial charge in [0.15, 0.2) is 0 Å². The molecule has 0 bridgehead atoms. The first-order valence-corrected chi connectivity index (χ1v) is 5.73. The summed E-state index contributed by atoms with van der Waals surface area (Å²) in [5.74, 6) is 0. The average molecular weight is 270 g/mol. The Morgan fingerprint density at radius 2 is 1.93 bits per heavy atom. The molecule has 3 heteroatoms. The molecule has 0 amide bonds. The molecular weight excluding hydrogens is 251 g/mol. The van der Waals surface area contributed by atoms with E-state index in [1.165, 1.54) is 38.5 Å². The number of rotatable bonds is 5. The maximum absolute atomic E-state index is 2.31. The van der Waals surface area contributed by atoms with Gasteiger partial charge in [0.05, 0.1) is 0 Å². The summed E-state index contributed by atoms with van der Waals surface area (Å²) in [6.07, 6.45) is 12.6. The van der Waals surface area contributed by atoms with E-state index >= 15 is 0 Å². The number of allylic oxidation sites excluding steroid dienone is 4. The van der Waals surface area contributed by atoms with Crippen molar-refractivity contribution in [2.24, 2.45) is 0 Å². The molecule has 0 fully saturated rings. The molecular formula is C11H19Cl2Ti. The van der Waals surface area contributed by atoms with Crippen molar-refractivity contribution in [1.29, 1.82) is 0 Å². The Morgan fingerprint density at radius 3 is 2.43 bits per heavy atom. The first-order chi connectivity index (χ1) is 5.84. The largest absolute Gasteiger partial charge is 0.147 e. The summed E-state index contributed by atoms with van der Waals surface area (Å²) in [6.45, 7) is 2.26. The Morgan fingerprint density at radius 1 is 1.21 bits per heavy atom. The molecule has 14 heavy (non-hydrogen) atoms. The Labute approximate surface area is 112 Å². The van der Waals surface area contributed by atoms with Gasteiger partial charge in [0.2, 0.25) is 0 Å². The van der Waals surface area contributed by atoms with E-state index in [0.29, 0.717) is 0 Å². The van der Waals surface area contributed by atoms with Crippen LogP contribution in [0.5, 0.6) is 0 Å². The molecule has 0 radical (unpaired) electrons. The van der Waals surface area contributed by atoms with Crippen molar-refractivity contribution in [3.63, 3.8) is 0 Å². The minimum absolute atomic E-state index is 0. The van der Waals surface area contributed by atoms with Gasteiger partial charge in [-0.15, -0.1) is 24.8 Å². The third kappa shape index (κ3) is 6.29. The maximum Gasteiger partial charge on any atom is -0.147 e. The SMILES string of the molecule is CCCCCCC1=[C]([Ti])CC=C1.Cl.Cl. The minimum Gasteiger partial charge on any atom is -0.147 e. The van der Waals surface area contributed by atoms with Crippen LogP contribution in [0.1, 0.15) is 45.4 Å². The van der Waals surface area contributed by atoms with Crippen molar-refractivity contribution in [2.45, 2.75) is 45.4 Å². The summed E-state index contributed by atoms with van der Waals surface area (Å²) in [7, 11) is 0. The molecule has 0 heterocycles. The fourth-order valence-corrected chi connectivity index (χ4v) is 2.04. The van der Waals surface area contributed by atoms with Crippen LogP contribution in [0.4, 0.5) is 0 Å². The summed E-state index contributed by atoms with van der Waals surface area (Å²) < 4.78 is 1.59. The second-order valence-corrected chi connectivity index (χ2v) is 4.36. The quantitative estimate of drug-likeness (QED) is 0.507. The van der Waals surface area contributed by atoms with Gasteiger partial charge in [-0.05, 0) is 0 Å². The predicted molar refractivity (Wildman–Crippen MR) is 64.0 cm³/mol. The van der Waals surface area contributed by atoms with Crippen LogP contribution in [0.2, 0.25) is 0 Å². The molecule has 1 rings (SSSR count). The number of halogens is 2. The van der Waals surface area contributed by atoms with Gasteiger partial charge in [0.1, 0.15) is 0 Å². The van der Waals surface area contributed by atoms with Crippen molar-refractivity contribution in [1.82, 2.24) is 0 Å².